The SMILES string of the molecule is O=C(Cc1cc(=O)[nH]c(=O)[nH]1)NC(CO)c1ccccc1. The molecule has 0 fully saturated rings. The lowest BCUT2D eigenvalue weighted by Crippen LogP contribution is -2.33. The summed E-state index contributed by atoms with van der Waals surface area (Å²) in [4.78, 5) is 38.6. The van der Waals surface area contributed by atoms with Gasteiger partial charge in [-0.05, 0) is 5.56 Å². The predicted molar refractivity (Wildman–Crippen MR) is 75.8 cm³/mol. The lowest BCUT2D eigenvalue weighted by molar-refractivity contribution is -0.121. The largest absolute Gasteiger partial charge is 0.394 e. The summed E-state index contributed by atoms with van der Waals surface area (Å²) in [5.41, 5.74) is -0.242. The minimum Gasteiger partial charge on any atom is -0.394 e. The molecular formula is C14H15N3O4. The molecule has 1 heterocycles. The lowest BCUT2D eigenvalue weighted by Gasteiger charge is -2.16. The van der Waals surface area contributed by atoms with Gasteiger partial charge in [0.15, 0.2) is 0 Å². The molecule has 0 bridgehead atoms. The zero-order valence-electron chi connectivity index (χ0n) is 11.1. The lowest BCUT2D eigenvalue weighted by atomic mass is 10.1. The van der Waals surface area contributed by atoms with E-state index in [0.29, 0.717) is 0 Å². The van der Waals surface area contributed by atoms with E-state index in [1.165, 1.54) is 0 Å². The summed E-state index contributed by atoms with van der Waals surface area (Å²) in [6.45, 7) is -0.248. The van der Waals surface area contributed by atoms with Crippen LogP contribution in [-0.4, -0.2) is 27.6 Å². The fraction of sp³-hybridized carbons (Fsp3) is 0.214. The Morgan fingerprint density at radius 2 is 1.90 bits per heavy atom. The molecule has 2 aromatic rings. The van der Waals surface area contributed by atoms with Crippen LogP contribution in [0.15, 0.2) is 46.0 Å². The Morgan fingerprint density at radius 1 is 1.19 bits per heavy atom. The van der Waals surface area contributed by atoms with Crippen molar-refractivity contribution in [3.63, 3.8) is 0 Å². The molecule has 0 aliphatic carbocycles. The summed E-state index contributed by atoms with van der Waals surface area (Å²) >= 11 is 0. The maximum Gasteiger partial charge on any atom is 0.325 e. The molecule has 110 valence electrons. The second kappa shape index (κ2) is 6.67. The van der Waals surface area contributed by atoms with Crippen molar-refractivity contribution in [2.24, 2.45) is 0 Å². The first kappa shape index (κ1) is 14.7. The first-order valence-electron chi connectivity index (χ1n) is 6.36. The van der Waals surface area contributed by atoms with E-state index in [0.717, 1.165) is 11.6 Å². The van der Waals surface area contributed by atoms with Gasteiger partial charge in [0.2, 0.25) is 5.91 Å². The van der Waals surface area contributed by atoms with E-state index in [-0.39, 0.29) is 18.7 Å². The smallest absolute Gasteiger partial charge is 0.325 e. The highest BCUT2D eigenvalue weighted by Crippen LogP contribution is 2.11. The van der Waals surface area contributed by atoms with Gasteiger partial charge in [0.05, 0.1) is 19.1 Å². The van der Waals surface area contributed by atoms with Crippen molar-refractivity contribution in [1.29, 1.82) is 0 Å². The van der Waals surface area contributed by atoms with E-state index in [1.54, 1.807) is 24.3 Å². The highest BCUT2D eigenvalue weighted by molar-refractivity contribution is 5.78. The van der Waals surface area contributed by atoms with E-state index in [1.807, 2.05) is 11.1 Å². The van der Waals surface area contributed by atoms with Gasteiger partial charge in [0.1, 0.15) is 0 Å². The van der Waals surface area contributed by atoms with Crippen molar-refractivity contribution >= 4 is 5.91 Å². The number of aliphatic hydroxyl groups excluding tert-OH is 1. The highest BCUT2D eigenvalue weighted by Gasteiger charge is 2.14. The Kier molecular flexibility index (Phi) is 4.68. The van der Waals surface area contributed by atoms with Crippen LogP contribution < -0.4 is 16.6 Å². The Morgan fingerprint density at radius 3 is 2.52 bits per heavy atom. The average molecular weight is 289 g/mol. The molecule has 21 heavy (non-hydrogen) atoms. The number of aliphatic hydroxyl groups is 1. The normalized spacial score (nSPS) is 11.9. The molecule has 4 N–H and O–H groups in total. The Bertz CT molecular complexity index is 692. The van der Waals surface area contributed by atoms with Crippen molar-refractivity contribution in [2.75, 3.05) is 6.61 Å². The molecule has 0 aliphatic heterocycles. The van der Waals surface area contributed by atoms with E-state index >= 15 is 0 Å². The quantitative estimate of drug-likeness (QED) is 0.591. The molecule has 1 atom stereocenters. The monoisotopic (exact) mass is 289 g/mol. The van der Waals surface area contributed by atoms with Gasteiger partial charge in [-0.3, -0.25) is 14.6 Å². The van der Waals surface area contributed by atoms with Crippen LogP contribution in [0, 0.1) is 0 Å². The zero-order valence-corrected chi connectivity index (χ0v) is 11.1. The van der Waals surface area contributed by atoms with Crippen molar-refractivity contribution in [2.45, 2.75) is 12.5 Å². The van der Waals surface area contributed by atoms with Crippen LogP contribution in [0.5, 0.6) is 0 Å². The Balaban J connectivity index is 2.06. The number of hydrogen-bond donors (Lipinski definition) is 4. The molecule has 0 spiro atoms. The number of carbonyl (C=O) groups excluding carboxylic acids is 1. The van der Waals surface area contributed by atoms with Crippen LogP contribution in [0.1, 0.15) is 17.3 Å². The van der Waals surface area contributed by atoms with Gasteiger partial charge in [-0.1, -0.05) is 30.3 Å². The van der Waals surface area contributed by atoms with Gasteiger partial charge in [0, 0.05) is 11.8 Å². The Hall–Kier alpha value is -2.67. The number of aromatic nitrogens is 2. The van der Waals surface area contributed by atoms with Gasteiger partial charge < -0.3 is 15.4 Å². The van der Waals surface area contributed by atoms with Crippen LogP contribution in [0.4, 0.5) is 0 Å². The number of hydrogen-bond acceptors (Lipinski definition) is 4. The molecule has 1 amide bonds. The number of benzene rings is 1. The molecule has 1 aromatic carbocycles. The molecule has 1 unspecified atom stereocenters. The molecule has 0 radical (unpaired) electrons. The van der Waals surface area contributed by atoms with Crippen molar-refractivity contribution < 1.29 is 9.90 Å². The number of H-pyrrole nitrogens is 2. The second-order valence-corrected chi connectivity index (χ2v) is 4.50. The number of amides is 1. The molecule has 1 aromatic heterocycles. The summed E-state index contributed by atoms with van der Waals surface area (Å²) in [5.74, 6) is -0.404. The van der Waals surface area contributed by atoms with E-state index < -0.39 is 23.2 Å². The highest BCUT2D eigenvalue weighted by atomic mass is 16.3. The number of aromatic amines is 2. The minimum atomic E-state index is -0.660. The third-order valence-electron chi connectivity index (χ3n) is 2.89. The van der Waals surface area contributed by atoms with Crippen molar-refractivity contribution in [3.8, 4) is 0 Å². The second-order valence-electron chi connectivity index (χ2n) is 4.50. The summed E-state index contributed by atoms with van der Waals surface area (Å²) in [6.07, 6.45) is -0.150. The topological polar surface area (TPSA) is 115 Å². The fourth-order valence-corrected chi connectivity index (χ4v) is 1.95. The van der Waals surface area contributed by atoms with E-state index in [4.69, 9.17) is 0 Å². The fourth-order valence-electron chi connectivity index (χ4n) is 1.95. The summed E-state index contributed by atoms with van der Waals surface area (Å²) in [5, 5.41) is 12.0. The number of rotatable bonds is 5. The number of carbonyl (C=O) groups is 1. The van der Waals surface area contributed by atoms with Gasteiger partial charge in [0.25, 0.3) is 5.56 Å². The van der Waals surface area contributed by atoms with Gasteiger partial charge in [-0.2, -0.15) is 0 Å². The molecule has 0 saturated carbocycles. The van der Waals surface area contributed by atoms with Crippen LogP contribution >= 0.6 is 0 Å². The molecule has 2 rings (SSSR count). The first-order valence-corrected chi connectivity index (χ1v) is 6.36. The zero-order chi connectivity index (χ0) is 15.2. The van der Waals surface area contributed by atoms with Crippen LogP contribution in [0.25, 0.3) is 0 Å². The van der Waals surface area contributed by atoms with Gasteiger partial charge in [-0.25, -0.2) is 4.79 Å². The maximum atomic E-state index is 11.9. The summed E-state index contributed by atoms with van der Waals surface area (Å²) < 4.78 is 0. The maximum absolute atomic E-state index is 11.9. The molecule has 0 saturated heterocycles. The summed E-state index contributed by atoms with van der Waals surface area (Å²) in [7, 11) is 0. The van der Waals surface area contributed by atoms with Crippen LogP contribution in [0.2, 0.25) is 0 Å². The molecular weight excluding hydrogens is 274 g/mol. The molecule has 7 heteroatoms. The Labute approximate surface area is 119 Å². The summed E-state index contributed by atoms with van der Waals surface area (Å²) in [6, 6.07) is 9.63. The third kappa shape index (κ3) is 4.15. The molecule has 7 nitrogen and oxygen atoms in total. The number of nitrogens with one attached hydrogen (secondary N) is 3. The van der Waals surface area contributed by atoms with Crippen molar-refractivity contribution in [3.05, 3.63) is 68.5 Å². The van der Waals surface area contributed by atoms with Gasteiger partial charge in [-0.15, -0.1) is 0 Å². The van der Waals surface area contributed by atoms with Crippen LogP contribution in [0.3, 0.4) is 0 Å². The average Bonchev–Trinajstić information content (AvgIpc) is 2.44. The van der Waals surface area contributed by atoms with Gasteiger partial charge >= 0.3 is 5.69 Å². The molecule has 0 aliphatic rings. The van der Waals surface area contributed by atoms with E-state index in [2.05, 4.69) is 10.3 Å². The predicted octanol–water partition coefficient (Wildman–Crippen LogP) is -0.544. The first-order chi connectivity index (χ1) is 10.1. The third-order valence-corrected chi connectivity index (χ3v) is 2.89. The van der Waals surface area contributed by atoms with E-state index in [9.17, 15) is 19.5 Å². The minimum absolute atomic E-state index is 0.150. The van der Waals surface area contributed by atoms with Crippen molar-refractivity contribution in [1.82, 2.24) is 15.3 Å². The van der Waals surface area contributed by atoms with Crippen LogP contribution in [-0.2, 0) is 11.2 Å². The standard InChI is InChI=1S/C14H15N3O4/c18-8-11(9-4-2-1-3-5-9)16-12(19)6-10-7-13(20)17-14(21)15-10/h1-5,7,11,18H,6,8H2,(H,16,19)(H2,15,17,20,21).